The van der Waals surface area contributed by atoms with E-state index in [9.17, 15) is 4.79 Å². The van der Waals surface area contributed by atoms with Crippen molar-refractivity contribution in [3.63, 3.8) is 0 Å². The predicted octanol–water partition coefficient (Wildman–Crippen LogP) is 2.16. The van der Waals surface area contributed by atoms with Crippen LogP contribution in [0.15, 0.2) is 4.52 Å². The lowest BCUT2D eigenvalue weighted by Crippen LogP contribution is -2.42. The Kier molecular flexibility index (Phi) is 4.81. The van der Waals surface area contributed by atoms with E-state index in [4.69, 9.17) is 10.3 Å². The van der Waals surface area contributed by atoms with E-state index in [0.717, 1.165) is 42.7 Å². The quantitative estimate of drug-likeness (QED) is 0.861. The third-order valence-corrected chi connectivity index (χ3v) is 4.34. The van der Waals surface area contributed by atoms with Gasteiger partial charge < -0.3 is 15.2 Å². The van der Waals surface area contributed by atoms with E-state index < -0.39 is 0 Å². The van der Waals surface area contributed by atoms with Crippen LogP contribution in [0.25, 0.3) is 0 Å². The van der Waals surface area contributed by atoms with Crippen molar-refractivity contribution in [2.24, 2.45) is 11.7 Å². The minimum atomic E-state index is -0.0389. The Balaban J connectivity index is 2.04. The van der Waals surface area contributed by atoms with Gasteiger partial charge in [-0.15, -0.1) is 0 Å². The Hall–Kier alpha value is -1.36. The van der Waals surface area contributed by atoms with Crippen LogP contribution in [0.1, 0.15) is 49.1 Å². The van der Waals surface area contributed by atoms with Crippen LogP contribution in [0.4, 0.5) is 0 Å². The smallest absolute Gasteiger partial charge is 0.227 e. The van der Waals surface area contributed by atoms with Gasteiger partial charge in [-0.1, -0.05) is 24.4 Å². The highest BCUT2D eigenvalue weighted by molar-refractivity contribution is 5.79. The average Bonchev–Trinajstić information content (AvgIpc) is 2.63. The van der Waals surface area contributed by atoms with Crippen LogP contribution >= 0.6 is 0 Å². The Morgan fingerprint density at radius 1 is 1.35 bits per heavy atom. The van der Waals surface area contributed by atoms with Crippen molar-refractivity contribution in [2.75, 3.05) is 7.05 Å². The molecule has 0 aromatic carbocycles. The van der Waals surface area contributed by atoms with E-state index in [1.807, 2.05) is 20.9 Å². The van der Waals surface area contributed by atoms with Gasteiger partial charge in [-0.3, -0.25) is 4.79 Å². The molecule has 1 amide bonds. The highest BCUT2D eigenvalue weighted by atomic mass is 16.5. The number of aromatic nitrogens is 1. The van der Waals surface area contributed by atoms with Crippen LogP contribution in [0.3, 0.4) is 0 Å². The predicted molar refractivity (Wildman–Crippen MR) is 77.0 cm³/mol. The second-order valence-electron chi connectivity index (χ2n) is 5.91. The molecular weight excluding hydrogens is 254 g/mol. The van der Waals surface area contributed by atoms with E-state index in [-0.39, 0.29) is 17.9 Å². The topological polar surface area (TPSA) is 72.4 Å². The van der Waals surface area contributed by atoms with E-state index in [0.29, 0.717) is 6.54 Å². The van der Waals surface area contributed by atoms with Gasteiger partial charge in [0.2, 0.25) is 5.91 Å². The first-order valence-electron chi connectivity index (χ1n) is 7.43. The summed E-state index contributed by atoms with van der Waals surface area (Å²) in [4.78, 5) is 14.4. The number of rotatable bonds is 3. The molecule has 0 spiro atoms. The molecule has 1 aromatic heterocycles. The van der Waals surface area contributed by atoms with Crippen molar-refractivity contribution in [2.45, 2.75) is 58.5 Å². The first kappa shape index (κ1) is 15.0. The number of nitrogens with two attached hydrogens (primary N) is 1. The van der Waals surface area contributed by atoms with Gasteiger partial charge in [0.05, 0.1) is 18.2 Å². The average molecular weight is 279 g/mol. The zero-order chi connectivity index (χ0) is 14.7. The van der Waals surface area contributed by atoms with Crippen LogP contribution in [0, 0.1) is 19.8 Å². The summed E-state index contributed by atoms with van der Waals surface area (Å²) in [6.45, 7) is 4.33. The molecule has 2 N–H and O–H groups in total. The SMILES string of the molecule is Cc1noc(C)c1CN(C)C(=O)C1CCCCCC1N. The van der Waals surface area contributed by atoms with E-state index in [1.165, 1.54) is 6.42 Å². The summed E-state index contributed by atoms with van der Waals surface area (Å²) in [5.41, 5.74) is 8.03. The minimum Gasteiger partial charge on any atom is -0.361 e. The maximum absolute atomic E-state index is 12.6. The molecule has 1 aromatic rings. The number of amides is 1. The standard InChI is InChI=1S/C15H25N3O2/c1-10-13(11(2)20-17-10)9-18(3)15(19)12-7-5-4-6-8-14(12)16/h12,14H,4-9,16H2,1-3H3. The summed E-state index contributed by atoms with van der Waals surface area (Å²) in [7, 11) is 1.84. The third kappa shape index (κ3) is 3.20. The van der Waals surface area contributed by atoms with Gasteiger partial charge >= 0.3 is 0 Å². The van der Waals surface area contributed by atoms with Crippen LogP contribution in [-0.2, 0) is 11.3 Å². The van der Waals surface area contributed by atoms with Gasteiger partial charge in [0, 0.05) is 18.7 Å². The summed E-state index contributed by atoms with van der Waals surface area (Å²) in [6, 6.07) is -0.00267. The molecule has 0 bridgehead atoms. The molecule has 2 rings (SSSR count). The van der Waals surface area contributed by atoms with Crippen LogP contribution in [-0.4, -0.2) is 29.1 Å². The van der Waals surface area contributed by atoms with Crippen LogP contribution in [0.5, 0.6) is 0 Å². The molecular formula is C15H25N3O2. The van der Waals surface area contributed by atoms with Crippen LogP contribution in [0.2, 0.25) is 0 Å². The fraction of sp³-hybridized carbons (Fsp3) is 0.733. The largest absolute Gasteiger partial charge is 0.361 e. The first-order valence-corrected chi connectivity index (χ1v) is 7.43. The summed E-state index contributed by atoms with van der Waals surface area (Å²) >= 11 is 0. The summed E-state index contributed by atoms with van der Waals surface area (Å²) in [5.74, 6) is 0.898. The molecule has 0 saturated heterocycles. The van der Waals surface area contributed by atoms with Crippen molar-refractivity contribution in [1.29, 1.82) is 0 Å². The molecule has 5 nitrogen and oxygen atoms in total. The van der Waals surface area contributed by atoms with Gasteiger partial charge in [-0.05, 0) is 26.7 Å². The molecule has 1 aliphatic rings. The molecule has 1 fully saturated rings. The second-order valence-corrected chi connectivity index (χ2v) is 5.91. The van der Waals surface area contributed by atoms with E-state index >= 15 is 0 Å². The highest BCUT2D eigenvalue weighted by Crippen LogP contribution is 2.25. The lowest BCUT2D eigenvalue weighted by Gasteiger charge is -2.26. The molecule has 0 aliphatic heterocycles. The number of hydrogen-bond acceptors (Lipinski definition) is 4. The molecule has 1 heterocycles. The lowest BCUT2D eigenvalue weighted by atomic mass is 9.94. The van der Waals surface area contributed by atoms with Crippen molar-refractivity contribution in [3.8, 4) is 0 Å². The zero-order valence-electron chi connectivity index (χ0n) is 12.7. The molecule has 2 atom stereocenters. The van der Waals surface area contributed by atoms with Crippen LogP contribution < -0.4 is 5.73 Å². The number of carbonyl (C=O) groups excluding carboxylic acids is 1. The number of hydrogen-bond donors (Lipinski definition) is 1. The molecule has 2 unspecified atom stereocenters. The number of nitrogens with zero attached hydrogens (tertiary/aromatic N) is 2. The highest BCUT2D eigenvalue weighted by Gasteiger charge is 2.29. The molecule has 1 aliphatic carbocycles. The van der Waals surface area contributed by atoms with Crippen molar-refractivity contribution >= 4 is 5.91 Å². The van der Waals surface area contributed by atoms with E-state index in [1.54, 1.807) is 4.90 Å². The Morgan fingerprint density at radius 3 is 2.70 bits per heavy atom. The number of aryl methyl sites for hydroxylation is 2. The van der Waals surface area contributed by atoms with E-state index in [2.05, 4.69) is 5.16 Å². The lowest BCUT2D eigenvalue weighted by molar-refractivity contribution is -0.135. The normalized spacial score (nSPS) is 23.4. The Bertz CT molecular complexity index is 450. The van der Waals surface area contributed by atoms with Crippen molar-refractivity contribution in [3.05, 3.63) is 17.0 Å². The maximum Gasteiger partial charge on any atom is 0.227 e. The number of carbonyl (C=O) groups is 1. The zero-order valence-corrected chi connectivity index (χ0v) is 12.7. The molecule has 0 radical (unpaired) electrons. The van der Waals surface area contributed by atoms with Gasteiger partial charge in [0.15, 0.2) is 0 Å². The second kappa shape index (κ2) is 6.39. The first-order chi connectivity index (χ1) is 9.50. The Labute approximate surface area is 120 Å². The maximum atomic E-state index is 12.6. The minimum absolute atomic E-state index is 0.00267. The third-order valence-electron chi connectivity index (χ3n) is 4.34. The monoisotopic (exact) mass is 279 g/mol. The van der Waals surface area contributed by atoms with Crippen molar-refractivity contribution < 1.29 is 9.32 Å². The summed E-state index contributed by atoms with van der Waals surface area (Å²) < 4.78 is 5.15. The Morgan fingerprint density at radius 2 is 2.05 bits per heavy atom. The molecule has 112 valence electrons. The van der Waals surface area contributed by atoms with Gasteiger partial charge in [0.25, 0.3) is 0 Å². The fourth-order valence-corrected chi connectivity index (χ4v) is 2.97. The van der Waals surface area contributed by atoms with Gasteiger partial charge in [-0.2, -0.15) is 0 Å². The molecule has 1 saturated carbocycles. The van der Waals surface area contributed by atoms with Crippen molar-refractivity contribution in [1.82, 2.24) is 10.1 Å². The summed E-state index contributed by atoms with van der Waals surface area (Å²) in [5, 5.41) is 3.93. The summed E-state index contributed by atoms with van der Waals surface area (Å²) in [6.07, 6.45) is 5.29. The molecule has 5 heteroatoms. The van der Waals surface area contributed by atoms with Gasteiger partial charge in [-0.25, -0.2) is 0 Å². The fourth-order valence-electron chi connectivity index (χ4n) is 2.97. The molecule has 20 heavy (non-hydrogen) atoms. The van der Waals surface area contributed by atoms with Gasteiger partial charge in [0.1, 0.15) is 5.76 Å².